The molecule has 188 valence electrons. The molecule has 1 aliphatic heterocycles. The first-order chi connectivity index (χ1) is 17.5. The highest BCUT2D eigenvalue weighted by Crippen LogP contribution is 2.29. The van der Waals surface area contributed by atoms with Gasteiger partial charge in [-0.2, -0.15) is 0 Å². The number of nitrogens with one attached hydrogen (secondary N) is 1. The van der Waals surface area contributed by atoms with E-state index in [1.807, 2.05) is 49.4 Å². The Morgan fingerprint density at radius 3 is 2.36 bits per heavy atom. The van der Waals surface area contributed by atoms with Crippen LogP contribution in [0.4, 0.5) is 10.1 Å². The first-order valence-electron chi connectivity index (χ1n) is 12.0. The summed E-state index contributed by atoms with van der Waals surface area (Å²) in [5.74, 6) is 0.612. The van der Waals surface area contributed by atoms with Crippen LogP contribution in [0, 0.1) is 5.82 Å². The first-order valence-corrected chi connectivity index (χ1v) is 12.4. The minimum atomic E-state index is -0.232. The molecule has 1 heterocycles. The zero-order valence-electron chi connectivity index (χ0n) is 20.3. The molecule has 36 heavy (non-hydrogen) atoms. The standard InChI is InChI=1S/C28H30FN3O3S/c1-2-34-26-18-22(8-13-25(26)35-20-27(33)30-19-21-6-4-3-5-7-21)28(36)32-16-14-31(15-17-32)24-11-9-23(29)10-12-24/h3-13,18H,2,14-17,19-20H2,1H3,(H,30,33). The molecule has 8 heteroatoms. The van der Waals surface area contributed by atoms with Gasteiger partial charge < -0.3 is 24.6 Å². The summed E-state index contributed by atoms with van der Waals surface area (Å²) in [4.78, 5) is 17.4. The average Bonchev–Trinajstić information content (AvgIpc) is 2.92. The number of piperazine rings is 1. The topological polar surface area (TPSA) is 54.0 Å². The second-order valence-corrected chi connectivity index (χ2v) is 8.79. The quantitative estimate of drug-likeness (QED) is 0.433. The van der Waals surface area contributed by atoms with Gasteiger partial charge in [0.2, 0.25) is 0 Å². The lowest BCUT2D eigenvalue weighted by Crippen LogP contribution is -2.48. The van der Waals surface area contributed by atoms with Gasteiger partial charge in [-0.3, -0.25) is 4.79 Å². The van der Waals surface area contributed by atoms with E-state index in [0.29, 0.717) is 24.7 Å². The number of rotatable bonds is 9. The van der Waals surface area contributed by atoms with E-state index in [4.69, 9.17) is 21.7 Å². The smallest absolute Gasteiger partial charge is 0.258 e. The molecule has 1 amide bonds. The highest BCUT2D eigenvalue weighted by molar-refractivity contribution is 7.80. The van der Waals surface area contributed by atoms with Crippen LogP contribution in [0.5, 0.6) is 11.5 Å². The van der Waals surface area contributed by atoms with Crippen molar-refractivity contribution in [3.8, 4) is 11.5 Å². The Bertz CT molecular complexity index is 1170. The third kappa shape index (κ3) is 6.73. The lowest BCUT2D eigenvalue weighted by atomic mass is 10.1. The lowest BCUT2D eigenvalue weighted by Gasteiger charge is -2.37. The highest BCUT2D eigenvalue weighted by atomic mass is 32.1. The van der Waals surface area contributed by atoms with Crippen molar-refractivity contribution in [1.29, 1.82) is 0 Å². The average molecular weight is 508 g/mol. The van der Waals surface area contributed by atoms with Crippen LogP contribution in [0.1, 0.15) is 18.1 Å². The van der Waals surface area contributed by atoms with Gasteiger partial charge >= 0.3 is 0 Å². The Morgan fingerprint density at radius 2 is 1.67 bits per heavy atom. The van der Waals surface area contributed by atoms with E-state index < -0.39 is 0 Å². The van der Waals surface area contributed by atoms with Crippen LogP contribution in [0.3, 0.4) is 0 Å². The van der Waals surface area contributed by atoms with Gasteiger partial charge in [0.1, 0.15) is 10.8 Å². The summed E-state index contributed by atoms with van der Waals surface area (Å²) in [6, 6.07) is 21.9. The minimum absolute atomic E-state index is 0.109. The Labute approximate surface area is 216 Å². The number of nitrogens with zero attached hydrogens (tertiary/aromatic N) is 2. The molecule has 0 atom stereocenters. The summed E-state index contributed by atoms with van der Waals surface area (Å²) < 4.78 is 24.8. The lowest BCUT2D eigenvalue weighted by molar-refractivity contribution is -0.123. The summed E-state index contributed by atoms with van der Waals surface area (Å²) in [5, 5.41) is 2.86. The molecular formula is C28H30FN3O3S. The van der Waals surface area contributed by atoms with Gasteiger partial charge in [-0.15, -0.1) is 0 Å². The first kappa shape index (κ1) is 25.4. The molecular weight excluding hydrogens is 477 g/mol. The molecule has 1 fully saturated rings. The molecule has 0 radical (unpaired) electrons. The second-order valence-electron chi connectivity index (χ2n) is 8.40. The monoisotopic (exact) mass is 507 g/mol. The molecule has 3 aromatic carbocycles. The van der Waals surface area contributed by atoms with E-state index in [-0.39, 0.29) is 18.3 Å². The molecule has 3 aromatic rings. The number of carbonyl (C=O) groups excluding carboxylic acids is 1. The number of halogens is 1. The molecule has 1 saturated heterocycles. The maximum Gasteiger partial charge on any atom is 0.258 e. The molecule has 0 aliphatic carbocycles. The Hall–Kier alpha value is -3.65. The Kier molecular flexibility index (Phi) is 8.73. The maximum absolute atomic E-state index is 13.2. The van der Waals surface area contributed by atoms with Crippen molar-refractivity contribution in [2.24, 2.45) is 0 Å². The largest absolute Gasteiger partial charge is 0.490 e. The van der Waals surface area contributed by atoms with Gasteiger partial charge in [-0.05, 0) is 55.0 Å². The van der Waals surface area contributed by atoms with Crippen molar-refractivity contribution in [2.75, 3.05) is 44.3 Å². The van der Waals surface area contributed by atoms with Crippen molar-refractivity contribution in [1.82, 2.24) is 10.2 Å². The van der Waals surface area contributed by atoms with Crippen molar-refractivity contribution < 1.29 is 18.7 Å². The fraction of sp³-hybridized carbons (Fsp3) is 0.286. The number of carbonyl (C=O) groups is 1. The van der Waals surface area contributed by atoms with E-state index in [0.717, 1.165) is 48.0 Å². The summed E-state index contributed by atoms with van der Waals surface area (Å²) in [6.07, 6.45) is 0. The molecule has 0 spiro atoms. The van der Waals surface area contributed by atoms with E-state index in [2.05, 4.69) is 15.1 Å². The number of hydrogen-bond acceptors (Lipinski definition) is 5. The third-order valence-corrected chi connectivity index (χ3v) is 6.43. The number of ether oxygens (including phenoxy) is 2. The van der Waals surface area contributed by atoms with Crippen LogP contribution >= 0.6 is 12.2 Å². The van der Waals surface area contributed by atoms with Crippen molar-refractivity contribution in [3.05, 3.63) is 89.7 Å². The Morgan fingerprint density at radius 1 is 0.944 bits per heavy atom. The zero-order chi connectivity index (χ0) is 25.3. The van der Waals surface area contributed by atoms with Gasteiger partial charge in [-0.1, -0.05) is 42.5 Å². The van der Waals surface area contributed by atoms with Gasteiger partial charge in [0.25, 0.3) is 5.91 Å². The van der Waals surface area contributed by atoms with Gasteiger partial charge in [0.15, 0.2) is 18.1 Å². The molecule has 4 rings (SSSR count). The molecule has 0 bridgehead atoms. The van der Waals surface area contributed by atoms with Crippen molar-refractivity contribution in [3.63, 3.8) is 0 Å². The van der Waals surface area contributed by atoms with Crippen LogP contribution in [0.25, 0.3) is 0 Å². The minimum Gasteiger partial charge on any atom is -0.490 e. The number of hydrogen-bond donors (Lipinski definition) is 1. The predicted molar refractivity (Wildman–Crippen MR) is 143 cm³/mol. The van der Waals surface area contributed by atoms with Crippen LogP contribution in [-0.4, -0.2) is 55.2 Å². The second kappa shape index (κ2) is 12.4. The molecule has 0 aromatic heterocycles. The van der Waals surface area contributed by atoms with E-state index in [9.17, 15) is 9.18 Å². The number of amides is 1. The Balaban J connectivity index is 1.33. The normalized spacial score (nSPS) is 13.3. The fourth-order valence-corrected chi connectivity index (χ4v) is 4.33. The SMILES string of the molecule is CCOc1cc(C(=S)N2CCN(c3ccc(F)cc3)CC2)ccc1OCC(=O)NCc1ccccc1. The highest BCUT2D eigenvalue weighted by Gasteiger charge is 2.21. The maximum atomic E-state index is 13.2. The molecule has 6 nitrogen and oxygen atoms in total. The van der Waals surface area contributed by atoms with Crippen LogP contribution in [0.2, 0.25) is 0 Å². The number of anilines is 1. The van der Waals surface area contributed by atoms with E-state index >= 15 is 0 Å². The molecule has 0 saturated carbocycles. The van der Waals surface area contributed by atoms with Gasteiger partial charge in [0, 0.05) is 44.0 Å². The number of thiocarbonyl (C=S) groups is 1. The third-order valence-electron chi connectivity index (χ3n) is 5.94. The summed E-state index contributed by atoms with van der Waals surface area (Å²) in [5.41, 5.74) is 2.90. The summed E-state index contributed by atoms with van der Waals surface area (Å²) in [7, 11) is 0. The van der Waals surface area contributed by atoms with Crippen molar-refractivity contribution >= 4 is 28.8 Å². The van der Waals surface area contributed by atoms with Gasteiger partial charge in [0.05, 0.1) is 6.61 Å². The number of benzene rings is 3. The summed E-state index contributed by atoms with van der Waals surface area (Å²) in [6.45, 7) is 5.82. The summed E-state index contributed by atoms with van der Waals surface area (Å²) >= 11 is 5.78. The van der Waals surface area contributed by atoms with Crippen LogP contribution < -0.4 is 19.7 Å². The van der Waals surface area contributed by atoms with Gasteiger partial charge in [-0.25, -0.2) is 4.39 Å². The zero-order valence-corrected chi connectivity index (χ0v) is 21.1. The van der Waals surface area contributed by atoms with Crippen LogP contribution in [0.15, 0.2) is 72.8 Å². The fourth-order valence-electron chi connectivity index (χ4n) is 4.02. The predicted octanol–water partition coefficient (Wildman–Crippen LogP) is 4.42. The molecule has 1 aliphatic rings. The van der Waals surface area contributed by atoms with E-state index in [1.165, 1.54) is 12.1 Å². The van der Waals surface area contributed by atoms with Crippen molar-refractivity contribution in [2.45, 2.75) is 13.5 Å². The van der Waals surface area contributed by atoms with E-state index in [1.54, 1.807) is 18.2 Å². The van der Waals surface area contributed by atoms with Crippen LogP contribution in [-0.2, 0) is 11.3 Å². The molecule has 1 N–H and O–H groups in total. The molecule has 0 unspecified atom stereocenters.